The molecule has 5 nitrogen and oxygen atoms in total. The van der Waals surface area contributed by atoms with Gasteiger partial charge in [-0.25, -0.2) is 0 Å². The second kappa shape index (κ2) is 5.56. The van der Waals surface area contributed by atoms with E-state index in [4.69, 9.17) is 5.73 Å². The Morgan fingerprint density at radius 2 is 2.26 bits per heavy atom. The lowest BCUT2D eigenvalue weighted by atomic mass is 10.2. The van der Waals surface area contributed by atoms with Gasteiger partial charge in [0.1, 0.15) is 5.69 Å². The number of hydrogen-bond acceptors (Lipinski definition) is 3. The van der Waals surface area contributed by atoms with E-state index in [0.29, 0.717) is 17.9 Å². The third kappa shape index (κ3) is 3.13. The van der Waals surface area contributed by atoms with Gasteiger partial charge in [0.15, 0.2) is 0 Å². The Labute approximate surface area is 112 Å². The number of pyridine rings is 1. The Hall–Kier alpha value is -2.30. The highest BCUT2D eigenvalue weighted by molar-refractivity contribution is 5.93. The summed E-state index contributed by atoms with van der Waals surface area (Å²) in [6, 6.07) is 7.48. The summed E-state index contributed by atoms with van der Waals surface area (Å²) in [5, 5.41) is 0. The van der Waals surface area contributed by atoms with E-state index in [1.165, 1.54) is 0 Å². The number of nitrogen functional groups attached to an aromatic ring is 1. The van der Waals surface area contributed by atoms with Crippen LogP contribution in [0.5, 0.6) is 0 Å². The Bertz CT molecular complexity index is 562. The number of anilines is 1. The molecule has 0 bridgehead atoms. The largest absolute Gasteiger partial charge is 0.397 e. The van der Waals surface area contributed by atoms with Crippen LogP contribution < -0.4 is 5.73 Å². The van der Waals surface area contributed by atoms with Crippen LogP contribution in [0.4, 0.5) is 5.69 Å². The summed E-state index contributed by atoms with van der Waals surface area (Å²) < 4.78 is 1.74. The van der Waals surface area contributed by atoms with Crippen molar-refractivity contribution in [3.8, 4) is 0 Å². The van der Waals surface area contributed by atoms with Gasteiger partial charge in [-0.2, -0.15) is 0 Å². The van der Waals surface area contributed by atoms with E-state index in [-0.39, 0.29) is 5.91 Å². The van der Waals surface area contributed by atoms with Gasteiger partial charge in [0.2, 0.25) is 0 Å². The predicted molar refractivity (Wildman–Crippen MR) is 74.7 cm³/mol. The van der Waals surface area contributed by atoms with Gasteiger partial charge in [-0.1, -0.05) is 6.07 Å². The predicted octanol–water partition coefficient (Wildman–Crippen LogP) is 1.32. The second-order valence-corrected chi connectivity index (χ2v) is 4.57. The molecule has 0 saturated carbocycles. The van der Waals surface area contributed by atoms with Gasteiger partial charge in [0, 0.05) is 45.1 Å². The van der Waals surface area contributed by atoms with Gasteiger partial charge < -0.3 is 15.2 Å². The Morgan fingerprint density at radius 1 is 1.47 bits per heavy atom. The summed E-state index contributed by atoms with van der Waals surface area (Å²) in [5.74, 6) is -0.0323. The number of aromatic nitrogens is 2. The number of hydrogen-bond donors (Lipinski definition) is 1. The molecular weight excluding hydrogens is 240 g/mol. The van der Waals surface area contributed by atoms with E-state index in [9.17, 15) is 4.79 Å². The number of aryl methyl sites for hydroxylation is 1. The number of carbonyl (C=O) groups excluding carboxylic acids is 1. The lowest BCUT2D eigenvalue weighted by molar-refractivity contribution is 0.0787. The molecule has 0 aliphatic heterocycles. The first-order chi connectivity index (χ1) is 9.08. The van der Waals surface area contributed by atoms with E-state index in [1.54, 1.807) is 35.0 Å². The summed E-state index contributed by atoms with van der Waals surface area (Å²) in [5.41, 5.74) is 7.86. The second-order valence-electron chi connectivity index (χ2n) is 4.57. The summed E-state index contributed by atoms with van der Waals surface area (Å²) in [6.07, 6.45) is 4.23. The monoisotopic (exact) mass is 258 g/mol. The zero-order valence-electron chi connectivity index (χ0n) is 11.2. The van der Waals surface area contributed by atoms with Crippen LogP contribution in [0.2, 0.25) is 0 Å². The third-order valence-corrected chi connectivity index (χ3v) is 3.02. The highest BCUT2D eigenvalue weighted by Gasteiger charge is 2.15. The molecule has 100 valence electrons. The normalized spacial score (nSPS) is 10.4. The highest BCUT2D eigenvalue weighted by atomic mass is 16.2. The molecule has 0 unspecified atom stereocenters. The van der Waals surface area contributed by atoms with Crippen molar-refractivity contribution < 1.29 is 4.79 Å². The van der Waals surface area contributed by atoms with Crippen LogP contribution in [-0.4, -0.2) is 34.0 Å². The molecule has 2 heterocycles. The molecule has 2 aromatic rings. The van der Waals surface area contributed by atoms with E-state index >= 15 is 0 Å². The smallest absolute Gasteiger partial charge is 0.270 e. The van der Waals surface area contributed by atoms with Crippen molar-refractivity contribution in [3.63, 3.8) is 0 Å². The lowest BCUT2D eigenvalue weighted by Crippen LogP contribution is -2.30. The van der Waals surface area contributed by atoms with Crippen LogP contribution in [0.3, 0.4) is 0 Å². The van der Waals surface area contributed by atoms with Crippen LogP contribution in [0.1, 0.15) is 16.2 Å². The third-order valence-electron chi connectivity index (χ3n) is 3.02. The molecule has 0 aromatic carbocycles. The molecule has 0 spiro atoms. The molecule has 0 aliphatic rings. The van der Waals surface area contributed by atoms with E-state index in [2.05, 4.69) is 4.98 Å². The van der Waals surface area contributed by atoms with Gasteiger partial charge in [-0.05, 0) is 18.2 Å². The van der Waals surface area contributed by atoms with Gasteiger partial charge in [-0.15, -0.1) is 0 Å². The maximum Gasteiger partial charge on any atom is 0.270 e. The summed E-state index contributed by atoms with van der Waals surface area (Å²) in [6.45, 7) is 0.626. The summed E-state index contributed by atoms with van der Waals surface area (Å²) >= 11 is 0. The SMILES string of the molecule is CN(CCc1ccccn1)C(=O)c1cc(N)cn1C. The Kier molecular flexibility index (Phi) is 3.85. The molecule has 2 N–H and O–H groups in total. The average Bonchev–Trinajstić information content (AvgIpc) is 2.75. The number of rotatable bonds is 4. The van der Waals surface area contributed by atoms with Crippen molar-refractivity contribution in [3.05, 3.63) is 48.0 Å². The molecule has 2 rings (SSSR count). The fourth-order valence-electron chi connectivity index (χ4n) is 1.93. The number of nitrogens with zero attached hydrogens (tertiary/aromatic N) is 3. The molecule has 0 radical (unpaired) electrons. The zero-order valence-corrected chi connectivity index (χ0v) is 11.2. The minimum Gasteiger partial charge on any atom is -0.397 e. The molecule has 0 saturated heterocycles. The van der Waals surface area contributed by atoms with Crippen molar-refractivity contribution in [1.29, 1.82) is 0 Å². The first-order valence-corrected chi connectivity index (χ1v) is 6.15. The fraction of sp³-hybridized carbons (Fsp3) is 0.286. The van der Waals surface area contributed by atoms with Crippen LogP contribution in [0, 0.1) is 0 Å². The van der Waals surface area contributed by atoms with Gasteiger partial charge in [0.05, 0.1) is 5.69 Å². The van der Waals surface area contributed by atoms with E-state index < -0.39 is 0 Å². The zero-order chi connectivity index (χ0) is 13.8. The van der Waals surface area contributed by atoms with Crippen molar-refractivity contribution in [2.45, 2.75) is 6.42 Å². The standard InChI is InChI=1S/C14H18N4O/c1-17(8-6-12-5-3-4-7-16-12)14(19)13-9-11(15)10-18(13)2/h3-5,7,9-10H,6,8,15H2,1-2H3. The van der Waals surface area contributed by atoms with Crippen LogP contribution in [-0.2, 0) is 13.5 Å². The summed E-state index contributed by atoms with van der Waals surface area (Å²) in [4.78, 5) is 18.2. The van der Waals surface area contributed by atoms with Crippen LogP contribution >= 0.6 is 0 Å². The van der Waals surface area contributed by atoms with Crippen molar-refractivity contribution in [2.75, 3.05) is 19.3 Å². The maximum atomic E-state index is 12.2. The highest BCUT2D eigenvalue weighted by Crippen LogP contribution is 2.11. The first-order valence-electron chi connectivity index (χ1n) is 6.15. The quantitative estimate of drug-likeness (QED) is 0.899. The Morgan fingerprint density at radius 3 is 2.84 bits per heavy atom. The molecule has 19 heavy (non-hydrogen) atoms. The van der Waals surface area contributed by atoms with E-state index in [0.717, 1.165) is 12.1 Å². The molecule has 1 amide bonds. The average molecular weight is 258 g/mol. The minimum absolute atomic E-state index is 0.0323. The molecule has 2 aromatic heterocycles. The number of carbonyl (C=O) groups is 1. The number of amides is 1. The maximum absolute atomic E-state index is 12.2. The molecule has 5 heteroatoms. The van der Waals surface area contributed by atoms with Gasteiger partial charge in [-0.3, -0.25) is 9.78 Å². The number of nitrogens with two attached hydrogens (primary N) is 1. The topological polar surface area (TPSA) is 64.2 Å². The fourth-order valence-corrected chi connectivity index (χ4v) is 1.93. The van der Waals surface area contributed by atoms with Gasteiger partial charge in [0.25, 0.3) is 5.91 Å². The molecule has 0 fully saturated rings. The van der Waals surface area contributed by atoms with Crippen molar-refractivity contribution in [1.82, 2.24) is 14.5 Å². The van der Waals surface area contributed by atoms with Gasteiger partial charge >= 0.3 is 0 Å². The lowest BCUT2D eigenvalue weighted by Gasteiger charge is -2.17. The molecular formula is C14H18N4O. The minimum atomic E-state index is -0.0323. The van der Waals surface area contributed by atoms with Crippen LogP contribution in [0.15, 0.2) is 36.7 Å². The number of likely N-dealkylation sites (N-methyl/N-ethyl adjacent to an activating group) is 1. The molecule has 0 aliphatic carbocycles. The van der Waals surface area contributed by atoms with Crippen molar-refractivity contribution in [2.24, 2.45) is 7.05 Å². The van der Waals surface area contributed by atoms with Crippen molar-refractivity contribution >= 4 is 11.6 Å². The van der Waals surface area contributed by atoms with Crippen LogP contribution in [0.25, 0.3) is 0 Å². The summed E-state index contributed by atoms with van der Waals surface area (Å²) in [7, 11) is 3.60. The van der Waals surface area contributed by atoms with E-state index in [1.807, 2.05) is 25.2 Å². The Balaban J connectivity index is 1.98. The first kappa shape index (κ1) is 13.1. The molecule has 0 atom stereocenters.